The van der Waals surface area contributed by atoms with Crippen molar-refractivity contribution < 1.29 is 33.0 Å². The fourth-order valence-electron chi connectivity index (χ4n) is 4.40. The summed E-state index contributed by atoms with van der Waals surface area (Å²) in [4.78, 5) is 35.2. The summed E-state index contributed by atoms with van der Waals surface area (Å²) in [6.07, 6.45) is -0.273. The lowest BCUT2D eigenvalue weighted by Gasteiger charge is -2.27. The van der Waals surface area contributed by atoms with Crippen molar-refractivity contribution in [2.24, 2.45) is 5.92 Å². The zero-order valence-corrected chi connectivity index (χ0v) is 18.4. The number of carbonyl (C=O) groups is 3. The second-order valence-electron chi connectivity index (χ2n) is 8.66. The van der Waals surface area contributed by atoms with Crippen LogP contribution >= 0.6 is 0 Å². The van der Waals surface area contributed by atoms with E-state index < -0.39 is 35.9 Å². The van der Waals surface area contributed by atoms with E-state index in [1.807, 2.05) is 48.5 Å². The monoisotopic (exact) mass is 472 g/mol. The second kappa shape index (κ2) is 9.79. The van der Waals surface area contributed by atoms with Crippen LogP contribution < -0.4 is 10.6 Å². The number of hydrogen-bond donors (Lipinski definition) is 3. The van der Waals surface area contributed by atoms with Crippen molar-refractivity contribution in [1.82, 2.24) is 10.6 Å². The minimum absolute atomic E-state index is 0.0236. The molecule has 2 aromatic rings. The summed E-state index contributed by atoms with van der Waals surface area (Å²) in [6.45, 7) is -0.215. The molecule has 0 saturated heterocycles. The molecule has 9 heteroatoms. The molecule has 4 rings (SSSR count). The third-order valence-corrected chi connectivity index (χ3v) is 6.26. The fourth-order valence-corrected chi connectivity index (χ4v) is 4.40. The largest absolute Gasteiger partial charge is 0.481 e. The molecule has 2 aliphatic rings. The minimum Gasteiger partial charge on any atom is -0.481 e. The number of nitrogens with one attached hydrogen (secondary N) is 2. The Hall–Kier alpha value is -3.49. The van der Waals surface area contributed by atoms with Gasteiger partial charge in [0.2, 0.25) is 0 Å². The van der Waals surface area contributed by atoms with E-state index in [2.05, 4.69) is 10.6 Å². The maximum Gasteiger partial charge on any atom is 0.407 e. The van der Waals surface area contributed by atoms with E-state index in [1.165, 1.54) is 0 Å². The summed E-state index contributed by atoms with van der Waals surface area (Å²) in [6, 6.07) is 13.9. The third kappa shape index (κ3) is 5.03. The Morgan fingerprint density at radius 3 is 2.18 bits per heavy atom. The molecule has 1 saturated carbocycles. The van der Waals surface area contributed by atoms with Gasteiger partial charge in [-0.25, -0.2) is 4.79 Å². The summed E-state index contributed by atoms with van der Waals surface area (Å²) in [7, 11) is 0. The zero-order chi connectivity index (χ0) is 24.3. The van der Waals surface area contributed by atoms with Gasteiger partial charge in [-0.15, -0.1) is 0 Å². The Kier molecular flexibility index (Phi) is 6.81. The number of halogens is 2. The maximum atomic E-state index is 14.9. The number of benzene rings is 2. The molecule has 0 aliphatic heterocycles. The Morgan fingerprint density at radius 1 is 1.03 bits per heavy atom. The van der Waals surface area contributed by atoms with Gasteiger partial charge < -0.3 is 20.5 Å². The number of carboxylic acid groups (broad SMARTS) is 1. The summed E-state index contributed by atoms with van der Waals surface area (Å²) in [5.41, 5.74) is 4.10. The lowest BCUT2D eigenvalue weighted by Crippen LogP contribution is -2.57. The van der Waals surface area contributed by atoms with E-state index >= 15 is 0 Å². The van der Waals surface area contributed by atoms with E-state index in [0.29, 0.717) is 12.8 Å². The van der Waals surface area contributed by atoms with E-state index in [9.17, 15) is 23.2 Å². The summed E-state index contributed by atoms with van der Waals surface area (Å²) >= 11 is 0. The highest BCUT2D eigenvalue weighted by Crippen LogP contribution is 2.44. The maximum absolute atomic E-state index is 14.9. The SMILES string of the molecule is O=C(O)CCCNC(=O)C(F)(F)C(NC(=O)OCC1c2ccccc2-c2ccccc21)C1CC1. The number of ether oxygens (including phenoxy) is 1. The van der Waals surface area contributed by atoms with Crippen LogP contribution in [-0.2, 0) is 14.3 Å². The number of fused-ring (bicyclic) bond motifs is 3. The second-order valence-corrected chi connectivity index (χ2v) is 8.66. The average Bonchev–Trinajstić information content (AvgIpc) is 3.61. The standard InChI is InChI=1S/C25H26F2N2O5/c26-25(27,23(32)28-13-5-10-21(30)31)22(15-11-12-15)29-24(33)34-14-20-18-8-3-1-6-16(18)17-7-2-4-9-19(17)20/h1-4,6-9,15,20,22H,5,10-14H2,(H,28,32)(H,29,33)(H,30,31). The molecule has 0 aromatic heterocycles. The van der Waals surface area contributed by atoms with Crippen molar-refractivity contribution in [3.05, 3.63) is 59.7 Å². The molecule has 34 heavy (non-hydrogen) atoms. The number of carboxylic acids is 1. The fraction of sp³-hybridized carbons (Fsp3) is 0.400. The lowest BCUT2D eigenvalue weighted by molar-refractivity contribution is -0.151. The van der Waals surface area contributed by atoms with Crippen LogP contribution in [0.1, 0.15) is 42.7 Å². The highest BCUT2D eigenvalue weighted by Gasteiger charge is 2.54. The summed E-state index contributed by atoms with van der Waals surface area (Å²) in [5.74, 6) is -7.20. The first-order valence-electron chi connectivity index (χ1n) is 11.3. The van der Waals surface area contributed by atoms with Gasteiger partial charge in [-0.2, -0.15) is 8.78 Å². The Balaban J connectivity index is 1.38. The Labute approximate surface area is 195 Å². The van der Waals surface area contributed by atoms with Crippen LogP contribution in [0.15, 0.2) is 48.5 Å². The zero-order valence-electron chi connectivity index (χ0n) is 18.4. The molecule has 0 spiro atoms. The van der Waals surface area contributed by atoms with E-state index in [4.69, 9.17) is 9.84 Å². The first-order valence-corrected chi connectivity index (χ1v) is 11.3. The Morgan fingerprint density at radius 2 is 1.62 bits per heavy atom. The average molecular weight is 472 g/mol. The molecule has 0 bridgehead atoms. The van der Waals surface area contributed by atoms with Crippen molar-refractivity contribution in [3.63, 3.8) is 0 Å². The number of alkyl carbamates (subject to hydrolysis) is 1. The smallest absolute Gasteiger partial charge is 0.407 e. The van der Waals surface area contributed by atoms with Crippen molar-refractivity contribution >= 4 is 18.0 Å². The molecule has 0 radical (unpaired) electrons. The van der Waals surface area contributed by atoms with Crippen molar-refractivity contribution in [1.29, 1.82) is 0 Å². The van der Waals surface area contributed by atoms with Crippen molar-refractivity contribution in [2.75, 3.05) is 13.2 Å². The molecule has 2 aromatic carbocycles. The molecule has 180 valence electrons. The molecule has 7 nitrogen and oxygen atoms in total. The van der Waals surface area contributed by atoms with Gasteiger partial charge in [0, 0.05) is 18.9 Å². The normalized spacial score (nSPS) is 15.7. The van der Waals surface area contributed by atoms with Crippen LogP contribution in [0.5, 0.6) is 0 Å². The third-order valence-electron chi connectivity index (χ3n) is 6.26. The molecule has 2 amide bonds. The van der Waals surface area contributed by atoms with Crippen LogP contribution in [-0.4, -0.2) is 48.2 Å². The highest BCUT2D eigenvalue weighted by atomic mass is 19.3. The molecule has 3 N–H and O–H groups in total. The van der Waals surface area contributed by atoms with Crippen molar-refractivity contribution in [3.8, 4) is 11.1 Å². The van der Waals surface area contributed by atoms with Gasteiger partial charge in [0.25, 0.3) is 5.91 Å². The number of alkyl halides is 2. The number of rotatable bonds is 10. The number of carbonyl (C=O) groups excluding carboxylic acids is 2. The van der Waals surface area contributed by atoms with E-state index in [-0.39, 0.29) is 31.9 Å². The predicted octanol–water partition coefficient (Wildman–Crippen LogP) is 3.92. The van der Waals surface area contributed by atoms with Gasteiger partial charge in [-0.05, 0) is 47.4 Å². The molecule has 1 fully saturated rings. The van der Waals surface area contributed by atoms with E-state index in [0.717, 1.165) is 22.3 Å². The topological polar surface area (TPSA) is 105 Å². The quantitative estimate of drug-likeness (QED) is 0.455. The predicted molar refractivity (Wildman–Crippen MR) is 120 cm³/mol. The number of amides is 2. The Bertz CT molecular complexity index is 1040. The first-order chi connectivity index (χ1) is 16.3. The molecular formula is C25H26F2N2O5. The van der Waals surface area contributed by atoms with Gasteiger partial charge in [-0.1, -0.05) is 48.5 Å². The highest BCUT2D eigenvalue weighted by molar-refractivity contribution is 5.85. The van der Waals surface area contributed by atoms with Crippen LogP contribution in [0, 0.1) is 5.92 Å². The first kappa shape index (κ1) is 23.7. The van der Waals surface area contributed by atoms with Crippen LogP contribution in [0.2, 0.25) is 0 Å². The molecule has 2 aliphatic carbocycles. The molecular weight excluding hydrogens is 446 g/mol. The number of hydrogen-bond acceptors (Lipinski definition) is 4. The van der Waals surface area contributed by atoms with Crippen LogP contribution in [0.3, 0.4) is 0 Å². The van der Waals surface area contributed by atoms with E-state index in [1.54, 1.807) is 0 Å². The lowest BCUT2D eigenvalue weighted by atomic mass is 9.98. The summed E-state index contributed by atoms with van der Waals surface area (Å²) in [5, 5.41) is 12.9. The number of aliphatic carboxylic acids is 1. The molecule has 1 unspecified atom stereocenters. The van der Waals surface area contributed by atoms with Crippen molar-refractivity contribution in [2.45, 2.75) is 43.6 Å². The van der Waals surface area contributed by atoms with Gasteiger partial charge in [0.05, 0.1) is 0 Å². The van der Waals surface area contributed by atoms with Gasteiger partial charge >= 0.3 is 18.0 Å². The van der Waals surface area contributed by atoms with Gasteiger partial charge in [-0.3, -0.25) is 9.59 Å². The van der Waals surface area contributed by atoms with Gasteiger partial charge in [0.15, 0.2) is 0 Å². The van der Waals surface area contributed by atoms with Gasteiger partial charge in [0.1, 0.15) is 12.6 Å². The molecule has 0 heterocycles. The summed E-state index contributed by atoms with van der Waals surface area (Å²) < 4.78 is 35.1. The molecule has 1 atom stereocenters. The van der Waals surface area contributed by atoms with Crippen LogP contribution in [0.4, 0.5) is 13.6 Å². The van der Waals surface area contributed by atoms with Crippen LogP contribution in [0.25, 0.3) is 11.1 Å². The minimum atomic E-state index is -3.85.